The highest BCUT2D eigenvalue weighted by atomic mass is 35.5. The van der Waals surface area contributed by atoms with Crippen LogP contribution < -0.4 is 5.43 Å². The van der Waals surface area contributed by atoms with Crippen LogP contribution in [-0.4, -0.2) is 16.2 Å². The van der Waals surface area contributed by atoms with Crippen molar-refractivity contribution in [1.29, 1.82) is 0 Å². The largest absolute Gasteiger partial charge is 0.322 e. The molecule has 1 amide bonds. The lowest BCUT2D eigenvalue weighted by molar-refractivity contribution is 0.0959. The lowest BCUT2D eigenvalue weighted by Gasteiger charge is -2.05. The van der Waals surface area contributed by atoms with E-state index in [2.05, 4.69) is 10.5 Å². The van der Waals surface area contributed by atoms with Crippen LogP contribution in [0.4, 0.5) is 0 Å². The van der Waals surface area contributed by atoms with Crippen molar-refractivity contribution in [3.63, 3.8) is 0 Å². The summed E-state index contributed by atoms with van der Waals surface area (Å²) in [5.41, 5.74) is 5.08. The number of rotatable bonds is 4. The molecule has 6 heteroatoms. The molecule has 0 aliphatic carbocycles. The van der Waals surface area contributed by atoms with E-state index < -0.39 is 0 Å². The Balaban J connectivity index is 1.76. The molecule has 3 rings (SSSR count). The predicted molar refractivity (Wildman–Crippen MR) is 94.8 cm³/mol. The smallest absolute Gasteiger partial charge is 0.283 e. The van der Waals surface area contributed by atoms with E-state index in [-0.39, 0.29) is 5.91 Å². The van der Waals surface area contributed by atoms with Gasteiger partial charge in [-0.3, -0.25) is 4.79 Å². The SMILES string of the molecule is C/C(=N\NC(=O)c1sccc1-n1cccc1)c1ccc(Cl)cc1. The van der Waals surface area contributed by atoms with E-state index in [0.717, 1.165) is 11.3 Å². The zero-order chi connectivity index (χ0) is 16.2. The number of nitrogens with zero attached hydrogens (tertiary/aromatic N) is 2. The minimum atomic E-state index is -0.225. The predicted octanol–water partition coefficient (Wildman–Crippen LogP) is 4.35. The summed E-state index contributed by atoms with van der Waals surface area (Å²) in [6.07, 6.45) is 3.81. The van der Waals surface area contributed by atoms with Gasteiger partial charge in [-0.2, -0.15) is 5.10 Å². The van der Waals surface area contributed by atoms with Gasteiger partial charge >= 0.3 is 0 Å². The van der Waals surface area contributed by atoms with Gasteiger partial charge in [-0.1, -0.05) is 23.7 Å². The van der Waals surface area contributed by atoms with E-state index in [1.165, 1.54) is 11.3 Å². The first-order valence-electron chi connectivity index (χ1n) is 6.96. The van der Waals surface area contributed by atoms with Crippen molar-refractivity contribution in [2.24, 2.45) is 5.10 Å². The Kier molecular flexibility index (Phi) is 4.60. The number of carbonyl (C=O) groups excluding carboxylic acids is 1. The molecular weight excluding hydrogens is 330 g/mol. The zero-order valence-corrected chi connectivity index (χ0v) is 13.9. The Morgan fingerprint density at radius 3 is 2.57 bits per heavy atom. The first-order chi connectivity index (χ1) is 11.1. The van der Waals surface area contributed by atoms with E-state index >= 15 is 0 Å². The Labute approximate surface area is 143 Å². The second-order valence-electron chi connectivity index (χ2n) is 4.87. The van der Waals surface area contributed by atoms with Crippen LogP contribution in [0.2, 0.25) is 5.02 Å². The molecule has 1 N–H and O–H groups in total. The Bertz CT molecular complexity index is 835. The van der Waals surface area contributed by atoms with Crippen molar-refractivity contribution in [2.45, 2.75) is 6.92 Å². The van der Waals surface area contributed by atoms with Gasteiger partial charge in [0.2, 0.25) is 0 Å². The average Bonchev–Trinajstić information content (AvgIpc) is 3.23. The summed E-state index contributed by atoms with van der Waals surface area (Å²) in [4.78, 5) is 13.0. The molecule has 0 fully saturated rings. The summed E-state index contributed by atoms with van der Waals surface area (Å²) < 4.78 is 1.90. The summed E-state index contributed by atoms with van der Waals surface area (Å²) in [7, 11) is 0. The maximum absolute atomic E-state index is 12.4. The molecule has 1 aromatic carbocycles. The molecule has 0 spiro atoms. The molecule has 0 aliphatic heterocycles. The van der Waals surface area contributed by atoms with Gasteiger partial charge in [0.15, 0.2) is 0 Å². The fourth-order valence-electron chi connectivity index (χ4n) is 2.11. The van der Waals surface area contributed by atoms with Crippen molar-refractivity contribution in [3.05, 3.63) is 75.7 Å². The molecular formula is C17H14ClN3OS. The van der Waals surface area contributed by atoms with E-state index in [9.17, 15) is 4.79 Å². The standard InChI is InChI=1S/C17H14ClN3OS/c1-12(13-4-6-14(18)7-5-13)19-20-17(22)16-15(8-11-23-16)21-9-2-3-10-21/h2-11H,1H3,(H,20,22)/b19-12+. The van der Waals surface area contributed by atoms with Gasteiger partial charge in [0, 0.05) is 17.4 Å². The van der Waals surface area contributed by atoms with Gasteiger partial charge < -0.3 is 4.57 Å². The third-order valence-electron chi connectivity index (χ3n) is 3.32. The molecule has 0 atom stereocenters. The van der Waals surface area contributed by atoms with Crippen LogP contribution in [-0.2, 0) is 0 Å². The molecule has 0 saturated carbocycles. The first-order valence-corrected chi connectivity index (χ1v) is 8.22. The van der Waals surface area contributed by atoms with Crippen molar-refractivity contribution in [1.82, 2.24) is 9.99 Å². The number of aromatic nitrogens is 1. The van der Waals surface area contributed by atoms with E-state index in [0.29, 0.717) is 15.6 Å². The van der Waals surface area contributed by atoms with Crippen LogP contribution in [0.15, 0.2) is 65.3 Å². The van der Waals surface area contributed by atoms with Gasteiger partial charge in [-0.05, 0) is 48.2 Å². The van der Waals surface area contributed by atoms with Gasteiger partial charge in [-0.15, -0.1) is 11.3 Å². The number of thiophene rings is 1. The summed E-state index contributed by atoms with van der Waals surface area (Å²) in [5.74, 6) is -0.225. The summed E-state index contributed by atoms with van der Waals surface area (Å²) in [6, 6.07) is 13.1. The third-order valence-corrected chi connectivity index (χ3v) is 4.47. The van der Waals surface area contributed by atoms with Gasteiger partial charge in [0.1, 0.15) is 4.88 Å². The lowest BCUT2D eigenvalue weighted by Crippen LogP contribution is -2.19. The molecule has 0 radical (unpaired) electrons. The number of hydrogen-bond acceptors (Lipinski definition) is 3. The lowest BCUT2D eigenvalue weighted by atomic mass is 10.1. The fraction of sp³-hybridized carbons (Fsp3) is 0.0588. The number of halogens is 1. The van der Waals surface area contributed by atoms with Crippen molar-refractivity contribution < 1.29 is 4.79 Å². The maximum atomic E-state index is 12.4. The molecule has 2 aromatic heterocycles. The van der Waals surface area contributed by atoms with E-state index in [1.807, 2.05) is 59.6 Å². The summed E-state index contributed by atoms with van der Waals surface area (Å²) >= 11 is 7.25. The van der Waals surface area contributed by atoms with Crippen molar-refractivity contribution in [3.8, 4) is 5.69 Å². The van der Waals surface area contributed by atoms with Crippen LogP contribution >= 0.6 is 22.9 Å². The highest BCUT2D eigenvalue weighted by molar-refractivity contribution is 7.12. The van der Waals surface area contributed by atoms with Crippen molar-refractivity contribution in [2.75, 3.05) is 0 Å². The van der Waals surface area contributed by atoms with Crippen LogP contribution in [0.5, 0.6) is 0 Å². The minimum Gasteiger partial charge on any atom is -0.322 e. The number of benzene rings is 1. The highest BCUT2D eigenvalue weighted by Gasteiger charge is 2.13. The van der Waals surface area contributed by atoms with Gasteiger partial charge in [0.05, 0.1) is 11.4 Å². The maximum Gasteiger partial charge on any atom is 0.283 e. The second kappa shape index (κ2) is 6.81. The quantitative estimate of drug-likeness (QED) is 0.555. The molecule has 4 nitrogen and oxygen atoms in total. The third kappa shape index (κ3) is 3.52. The average molecular weight is 344 g/mol. The summed E-state index contributed by atoms with van der Waals surface area (Å²) in [6.45, 7) is 1.84. The number of nitrogens with one attached hydrogen (secondary N) is 1. The summed E-state index contributed by atoms with van der Waals surface area (Å²) in [5, 5.41) is 6.73. The molecule has 23 heavy (non-hydrogen) atoms. The number of carbonyl (C=O) groups is 1. The van der Waals surface area contributed by atoms with Gasteiger partial charge in [0.25, 0.3) is 5.91 Å². The fourth-order valence-corrected chi connectivity index (χ4v) is 3.02. The molecule has 3 aromatic rings. The van der Waals surface area contributed by atoms with E-state index in [1.54, 1.807) is 12.1 Å². The molecule has 0 unspecified atom stereocenters. The Morgan fingerprint density at radius 1 is 1.17 bits per heavy atom. The Morgan fingerprint density at radius 2 is 1.87 bits per heavy atom. The minimum absolute atomic E-state index is 0.225. The number of hydrazone groups is 1. The normalized spacial score (nSPS) is 11.5. The van der Waals surface area contributed by atoms with E-state index in [4.69, 9.17) is 11.6 Å². The number of hydrogen-bond donors (Lipinski definition) is 1. The first kappa shape index (κ1) is 15.5. The topological polar surface area (TPSA) is 46.4 Å². The van der Waals surface area contributed by atoms with Gasteiger partial charge in [-0.25, -0.2) is 5.43 Å². The monoisotopic (exact) mass is 343 g/mol. The van der Waals surface area contributed by atoms with Crippen molar-refractivity contribution >= 4 is 34.6 Å². The molecule has 0 aliphatic rings. The highest BCUT2D eigenvalue weighted by Crippen LogP contribution is 2.21. The number of amides is 1. The molecule has 0 bridgehead atoms. The van der Waals surface area contributed by atoms with Crippen LogP contribution in [0.25, 0.3) is 5.69 Å². The molecule has 116 valence electrons. The Hall–Kier alpha value is -2.37. The van der Waals surface area contributed by atoms with Crippen LogP contribution in [0.1, 0.15) is 22.2 Å². The van der Waals surface area contributed by atoms with Crippen LogP contribution in [0.3, 0.4) is 0 Å². The molecule has 0 saturated heterocycles. The van der Waals surface area contributed by atoms with Crippen LogP contribution in [0, 0.1) is 0 Å². The second-order valence-corrected chi connectivity index (χ2v) is 6.22. The zero-order valence-electron chi connectivity index (χ0n) is 12.4. The molecule has 2 heterocycles.